The minimum atomic E-state index is -3.26. The minimum absolute atomic E-state index is 0.0414. The van der Waals surface area contributed by atoms with E-state index >= 15 is 0 Å². The predicted octanol–water partition coefficient (Wildman–Crippen LogP) is 4.54. The van der Waals surface area contributed by atoms with Gasteiger partial charge in [-0.25, -0.2) is 0 Å². The van der Waals surface area contributed by atoms with Crippen LogP contribution in [0.2, 0.25) is 0 Å². The molecule has 1 aromatic rings. The Morgan fingerprint density at radius 2 is 1.81 bits per heavy atom. The number of carbonyl (C=O) groups is 1. The molecule has 2 rings (SSSR count). The van der Waals surface area contributed by atoms with E-state index in [0.717, 1.165) is 5.56 Å². The Labute approximate surface area is 185 Å². The van der Waals surface area contributed by atoms with E-state index in [1.807, 2.05) is 32.9 Å². The van der Waals surface area contributed by atoms with Crippen molar-refractivity contribution in [2.45, 2.75) is 66.5 Å². The van der Waals surface area contributed by atoms with Crippen LogP contribution in [0.25, 0.3) is 0 Å². The van der Waals surface area contributed by atoms with Gasteiger partial charge in [-0.05, 0) is 51.0 Å². The Balaban J connectivity index is 2.22. The summed E-state index contributed by atoms with van der Waals surface area (Å²) >= 11 is 0. The van der Waals surface area contributed by atoms with E-state index in [4.69, 9.17) is 29.0 Å². The molecule has 8 nitrogen and oxygen atoms in total. The Morgan fingerprint density at radius 3 is 2.35 bits per heavy atom. The third-order valence-electron chi connectivity index (χ3n) is 5.54. The van der Waals surface area contributed by atoms with Crippen LogP contribution in [-0.2, 0) is 27.9 Å². The van der Waals surface area contributed by atoms with Gasteiger partial charge in [0.2, 0.25) is 6.29 Å². The van der Waals surface area contributed by atoms with Crippen LogP contribution in [0, 0.1) is 18.8 Å². The summed E-state index contributed by atoms with van der Waals surface area (Å²) < 4.78 is 41.8. The molecule has 5 atom stereocenters. The zero-order chi connectivity index (χ0) is 23.2. The van der Waals surface area contributed by atoms with Crippen LogP contribution in [0.1, 0.15) is 46.6 Å². The average Bonchev–Trinajstić information content (AvgIpc) is 2.68. The van der Waals surface area contributed by atoms with Crippen molar-refractivity contribution in [3.05, 3.63) is 23.8 Å². The van der Waals surface area contributed by atoms with Gasteiger partial charge in [0.25, 0.3) is 0 Å². The first-order valence-electron chi connectivity index (χ1n) is 10.8. The van der Waals surface area contributed by atoms with Gasteiger partial charge >= 0.3 is 13.6 Å². The number of aryl methyl sites for hydroxylation is 1. The van der Waals surface area contributed by atoms with Gasteiger partial charge in [-0.15, -0.1) is 0 Å². The number of rotatable bonds is 10. The second-order valence-electron chi connectivity index (χ2n) is 7.94. The van der Waals surface area contributed by atoms with E-state index in [2.05, 4.69) is 0 Å². The van der Waals surface area contributed by atoms with Gasteiger partial charge in [0, 0.05) is 24.4 Å². The lowest BCUT2D eigenvalue weighted by Gasteiger charge is -2.44. The zero-order valence-corrected chi connectivity index (χ0v) is 20.2. The first-order chi connectivity index (χ1) is 14.6. The Kier molecular flexibility index (Phi) is 9.37. The lowest BCUT2D eigenvalue weighted by molar-refractivity contribution is -0.239. The fraction of sp³-hybridized carbons (Fsp3) is 0.682. The van der Waals surface area contributed by atoms with E-state index in [-0.39, 0.29) is 37.2 Å². The SMILES string of the molecule is CCOP(=O)(CC[C@H]1O[C@H](Oc2ccc(N)cc2C)[C@@H](C)[C@@H](C)[C@@H]1OC(C)=O)OCC. The lowest BCUT2D eigenvalue weighted by atomic mass is 9.83. The molecule has 1 saturated heterocycles. The van der Waals surface area contributed by atoms with E-state index in [1.165, 1.54) is 6.92 Å². The summed E-state index contributed by atoms with van der Waals surface area (Å²) in [6.45, 7) is 11.4. The fourth-order valence-electron chi connectivity index (χ4n) is 3.78. The molecule has 0 saturated carbocycles. The second kappa shape index (κ2) is 11.3. The van der Waals surface area contributed by atoms with Crippen LogP contribution in [0.3, 0.4) is 0 Å². The molecule has 1 aromatic carbocycles. The van der Waals surface area contributed by atoms with Crippen LogP contribution in [-0.4, -0.2) is 43.8 Å². The van der Waals surface area contributed by atoms with Crippen molar-refractivity contribution in [3.8, 4) is 5.75 Å². The van der Waals surface area contributed by atoms with Crippen molar-refractivity contribution in [3.63, 3.8) is 0 Å². The molecular formula is C22H36NO7P. The van der Waals surface area contributed by atoms with Gasteiger partial charge in [-0.3, -0.25) is 9.36 Å². The van der Waals surface area contributed by atoms with Gasteiger partial charge in [0.05, 0.1) is 25.5 Å². The highest BCUT2D eigenvalue weighted by Gasteiger charge is 2.45. The summed E-state index contributed by atoms with van der Waals surface area (Å²) in [6, 6.07) is 5.43. The van der Waals surface area contributed by atoms with Crippen molar-refractivity contribution >= 4 is 19.3 Å². The van der Waals surface area contributed by atoms with Crippen molar-refractivity contribution < 1.29 is 32.6 Å². The molecule has 2 N–H and O–H groups in total. The summed E-state index contributed by atoms with van der Waals surface area (Å²) in [5.41, 5.74) is 7.40. The van der Waals surface area contributed by atoms with Crippen LogP contribution in [0.4, 0.5) is 5.69 Å². The van der Waals surface area contributed by atoms with Crippen LogP contribution in [0.15, 0.2) is 18.2 Å². The minimum Gasteiger partial charge on any atom is -0.464 e. The highest BCUT2D eigenvalue weighted by molar-refractivity contribution is 7.53. The van der Waals surface area contributed by atoms with Gasteiger partial charge < -0.3 is 29.0 Å². The van der Waals surface area contributed by atoms with E-state index in [0.29, 0.717) is 17.9 Å². The number of benzene rings is 1. The number of esters is 1. The molecule has 0 unspecified atom stereocenters. The maximum Gasteiger partial charge on any atom is 0.330 e. The molecule has 0 spiro atoms. The highest BCUT2D eigenvalue weighted by atomic mass is 31.2. The summed E-state index contributed by atoms with van der Waals surface area (Å²) in [4.78, 5) is 11.7. The normalized spacial score (nSPS) is 26.5. The standard InChI is InChI=1S/C22H36NO7P/c1-7-26-31(25,27-8-2)12-11-20-21(28-17(6)24)15(4)16(5)22(30-20)29-19-10-9-18(23)13-14(19)3/h9-10,13,15-16,20-22H,7-8,11-12,23H2,1-6H3/t15-,16+,20-,21+,22+/m1/s1. The molecule has 1 aliphatic heterocycles. The van der Waals surface area contributed by atoms with Gasteiger partial charge in [0.1, 0.15) is 11.9 Å². The largest absolute Gasteiger partial charge is 0.464 e. The molecule has 1 heterocycles. The molecular weight excluding hydrogens is 421 g/mol. The molecule has 1 fully saturated rings. The second-order valence-corrected chi connectivity index (χ2v) is 10.1. The van der Waals surface area contributed by atoms with Gasteiger partial charge in [-0.1, -0.05) is 13.8 Å². The maximum atomic E-state index is 12.9. The topological polar surface area (TPSA) is 106 Å². The van der Waals surface area contributed by atoms with Crippen LogP contribution in [0.5, 0.6) is 5.75 Å². The summed E-state index contributed by atoms with van der Waals surface area (Å²) in [5.74, 6) is 0.199. The number of nitrogen functional groups attached to an aromatic ring is 1. The van der Waals surface area contributed by atoms with Crippen LogP contribution >= 0.6 is 7.60 Å². The molecule has 0 aliphatic carbocycles. The summed E-state index contributed by atoms with van der Waals surface area (Å²) in [7, 11) is -3.26. The van der Waals surface area contributed by atoms with Gasteiger partial charge in [0.15, 0.2) is 0 Å². The number of hydrogen-bond acceptors (Lipinski definition) is 8. The third kappa shape index (κ3) is 6.94. The predicted molar refractivity (Wildman–Crippen MR) is 119 cm³/mol. The molecule has 9 heteroatoms. The Bertz CT molecular complexity index is 777. The van der Waals surface area contributed by atoms with Crippen molar-refractivity contribution in [1.29, 1.82) is 0 Å². The van der Waals surface area contributed by atoms with Gasteiger partial charge in [-0.2, -0.15) is 0 Å². The lowest BCUT2D eigenvalue weighted by Crippen LogP contribution is -2.53. The third-order valence-corrected chi connectivity index (χ3v) is 7.64. The van der Waals surface area contributed by atoms with Crippen LogP contribution < -0.4 is 10.5 Å². The molecule has 0 bridgehead atoms. The first-order valence-corrected chi connectivity index (χ1v) is 12.6. The number of nitrogens with two attached hydrogens (primary N) is 1. The molecule has 0 aromatic heterocycles. The number of carbonyl (C=O) groups excluding carboxylic acids is 1. The van der Waals surface area contributed by atoms with Crippen molar-refractivity contribution in [2.24, 2.45) is 11.8 Å². The number of anilines is 1. The highest BCUT2D eigenvalue weighted by Crippen LogP contribution is 2.49. The average molecular weight is 458 g/mol. The summed E-state index contributed by atoms with van der Waals surface area (Å²) in [6.07, 6.45) is -1.06. The maximum absolute atomic E-state index is 12.9. The smallest absolute Gasteiger partial charge is 0.330 e. The first kappa shape index (κ1) is 25.7. The van der Waals surface area contributed by atoms with E-state index in [1.54, 1.807) is 19.9 Å². The zero-order valence-electron chi connectivity index (χ0n) is 19.3. The molecule has 0 amide bonds. The molecule has 31 heavy (non-hydrogen) atoms. The quantitative estimate of drug-likeness (QED) is 0.310. The van der Waals surface area contributed by atoms with E-state index < -0.39 is 26.1 Å². The van der Waals surface area contributed by atoms with Crippen molar-refractivity contribution in [1.82, 2.24) is 0 Å². The number of hydrogen-bond donors (Lipinski definition) is 1. The number of ether oxygens (including phenoxy) is 3. The van der Waals surface area contributed by atoms with E-state index in [9.17, 15) is 9.36 Å². The molecule has 1 aliphatic rings. The Hall–Kier alpha value is -1.60. The van der Waals surface area contributed by atoms with Crippen molar-refractivity contribution in [2.75, 3.05) is 25.1 Å². The Morgan fingerprint density at radius 1 is 1.16 bits per heavy atom. The molecule has 0 radical (unpaired) electrons. The fourth-order valence-corrected chi connectivity index (χ4v) is 5.47. The summed E-state index contributed by atoms with van der Waals surface area (Å²) in [5, 5.41) is 0. The molecule has 176 valence electrons. The monoisotopic (exact) mass is 457 g/mol.